The zero-order valence-electron chi connectivity index (χ0n) is 27.3. The Morgan fingerprint density at radius 2 is 1.65 bits per heavy atom. The molecule has 3 fully saturated rings. The molecule has 266 valence electrons. The van der Waals surface area contributed by atoms with Gasteiger partial charge in [0, 0.05) is 5.56 Å². The Morgan fingerprint density at radius 3 is 2.33 bits per heavy atom. The summed E-state index contributed by atoms with van der Waals surface area (Å²) in [5.74, 6) is 6.20. The maximum absolute atomic E-state index is 16.2. The topological polar surface area (TPSA) is 168 Å². The molecule has 3 aliphatic heterocycles. The number of nitrogens with zero attached hydrogens (tertiary/aromatic N) is 4. The van der Waals surface area contributed by atoms with E-state index in [1.807, 2.05) is 43.4 Å². The number of hydrogen-bond acceptors (Lipinski definition) is 13. The molecular weight excluding hydrogens is 736 g/mol. The lowest BCUT2D eigenvalue weighted by Gasteiger charge is -2.40. The SMILES string of the molecule is CC(C)(C)[Si](C)(C)OC1[C@H]2OP(=O)(S)OCC3O[C@@H](n4cnc5c(N)ncnc54)[C@H](F)[C@@H]3OP(=O)(S)OC[C@H]1O[C@H]2C#Cc1ccccc1. The predicted molar refractivity (Wildman–Crippen MR) is 187 cm³/mol. The van der Waals surface area contributed by atoms with Gasteiger partial charge in [0.1, 0.15) is 48.5 Å². The van der Waals surface area contributed by atoms with E-state index in [1.54, 1.807) is 0 Å². The first-order valence-electron chi connectivity index (χ1n) is 15.4. The molecule has 3 aromatic rings. The summed E-state index contributed by atoms with van der Waals surface area (Å²) in [6.45, 7) is 0.729. The second kappa shape index (κ2) is 13.9. The van der Waals surface area contributed by atoms with Gasteiger partial charge in [-0.05, 0) is 30.3 Å². The highest BCUT2D eigenvalue weighted by atomic mass is 32.7. The molecule has 2 bridgehead atoms. The standard InChI is InChI=1S/C29H38FN5O9P2S2Si/c1-29(2,3)49(4,5)44-25-20-14-39-45(36,47)42-23-19(41-28(21(23)30)35-16-34-22-26(31)32-15-33-27(22)35)13-38-46(37,48)43-24(25)18(40-20)12-11-17-9-7-6-8-10-17/h6-10,15-16,18-21,23-25,28H,13-14H2,1-5H3,(H,36,47)(H,37,48)(H2,31,32,33)/t18-,19?,20+,21+,23+,24-,25?,28+,45?,46?/m0/s1. The molecule has 20 heteroatoms. The van der Waals surface area contributed by atoms with Crippen molar-refractivity contribution >= 4 is 63.4 Å². The highest BCUT2D eigenvalue weighted by Crippen LogP contribution is 2.60. The second-order valence-corrected chi connectivity index (χ2v) is 23.8. The Morgan fingerprint density at radius 1 is 1.00 bits per heavy atom. The lowest BCUT2D eigenvalue weighted by atomic mass is 10.1. The van der Waals surface area contributed by atoms with Crippen LogP contribution in [0.5, 0.6) is 0 Å². The molecule has 14 nitrogen and oxygen atoms in total. The molecule has 6 rings (SSSR count). The number of fused-ring (bicyclic) bond motifs is 4. The molecule has 10 atom stereocenters. The van der Waals surface area contributed by atoms with Gasteiger partial charge in [0.15, 0.2) is 32.2 Å². The smallest absolute Gasteiger partial charge is 0.386 e. The number of nitrogens with two attached hydrogens (primary N) is 1. The molecule has 2 aromatic heterocycles. The fraction of sp³-hybridized carbons (Fsp3) is 0.552. The summed E-state index contributed by atoms with van der Waals surface area (Å²) in [4.78, 5) is 12.2. The van der Waals surface area contributed by atoms with Gasteiger partial charge >= 0.3 is 13.6 Å². The summed E-state index contributed by atoms with van der Waals surface area (Å²) in [5, 5.41) is -0.247. The molecule has 3 aliphatic rings. The van der Waals surface area contributed by atoms with Crippen LogP contribution in [0.4, 0.5) is 10.2 Å². The molecule has 5 heterocycles. The van der Waals surface area contributed by atoms with E-state index in [-0.39, 0.29) is 28.6 Å². The number of nitrogen functional groups attached to an aromatic ring is 1. The number of ether oxygens (including phenoxy) is 2. The Labute approximate surface area is 294 Å². The van der Waals surface area contributed by atoms with Crippen molar-refractivity contribution in [1.82, 2.24) is 19.5 Å². The van der Waals surface area contributed by atoms with Crippen molar-refractivity contribution in [3.05, 3.63) is 48.5 Å². The Kier molecular flexibility index (Phi) is 10.5. The van der Waals surface area contributed by atoms with Gasteiger partial charge in [0.2, 0.25) is 0 Å². The molecule has 4 unspecified atom stereocenters. The third kappa shape index (κ3) is 7.99. The predicted octanol–water partition coefficient (Wildman–Crippen LogP) is 5.75. The van der Waals surface area contributed by atoms with Crippen molar-refractivity contribution < 1.29 is 45.5 Å². The number of anilines is 1. The lowest BCUT2D eigenvalue weighted by molar-refractivity contribution is -0.0433. The van der Waals surface area contributed by atoms with E-state index in [0.717, 1.165) is 0 Å². The average molecular weight is 774 g/mol. The molecule has 0 amide bonds. The summed E-state index contributed by atoms with van der Waals surface area (Å²) in [6, 6.07) is 9.20. The quantitative estimate of drug-likeness (QED) is 0.128. The summed E-state index contributed by atoms with van der Waals surface area (Å²) in [5.41, 5.74) is 7.03. The van der Waals surface area contributed by atoms with Crippen molar-refractivity contribution in [3.8, 4) is 11.8 Å². The van der Waals surface area contributed by atoms with E-state index in [4.69, 9.17) is 37.7 Å². The van der Waals surface area contributed by atoms with Gasteiger partial charge in [0.25, 0.3) is 0 Å². The number of alkyl halides is 1. The van der Waals surface area contributed by atoms with Gasteiger partial charge in [-0.3, -0.25) is 22.7 Å². The summed E-state index contributed by atoms with van der Waals surface area (Å²) in [6.07, 6.45) is -7.67. The lowest BCUT2D eigenvalue weighted by Crippen LogP contribution is -2.50. The Hall–Kier alpha value is -1.84. The fourth-order valence-electron chi connectivity index (χ4n) is 5.37. The molecular formula is C29H38FN5O9P2S2Si. The number of halogens is 1. The molecule has 0 radical (unpaired) electrons. The molecule has 0 aliphatic carbocycles. The molecule has 1 aromatic carbocycles. The Bertz CT molecular complexity index is 1840. The van der Waals surface area contributed by atoms with Crippen LogP contribution in [0, 0.1) is 11.8 Å². The van der Waals surface area contributed by atoms with Gasteiger partial charge in [-0.1, -0.05) is 75.3 Å². The monoisotopic (exact) mass is 773 g/mol. The normalized spacial score (nSPS) is 35.8. The third-order valence-corrected chi connectivity index (χ3v) is 16.6. The summed E-state index contributed by atoms with van der Waals surface area (Å²) in [7, 11) is -2.55. The van der Waals surface area contributed by atoms with E-state index in [9.17, 15) is 9.13 Å². The number of imidazole rings is 1. The minimum absolute atomic E-state index is 0.0835. The van der Waals surface area contributed by atoms with Gasteiger partial charge < -0.3 is 19.6 Å². The fourth-order valence-corrected chi connectivity index (χ4v) is 9.63. The van der Waals surface area contributed by atoms with Crippen molar-refractivity contribution in [2.24, 2.45) is 0 Å². The highest BCUT2D eigenvalue weighted by Gasteiger charge is 2.55. The summed E-state index contributed by atoms with van der Waals surface area (Å²) < 4.78 is 87.5. The van der Waals surface area contributed by atoms with Crippen LogP contribution in [0.15, 0.2) is 43.0 Å². The molecule has 2 N–H and O–H groups in total. The van der Waals surface area contributed by atoms with Crippen LogP contribution in [0.3, 0.4) is 0 Å². The number of aromatic nitrogens is 4. The molecule has 0 saturated carbocycles. The maximum atomic E-state index is 16.2. The van der Waals surface area contributed by atoms with Crippen LogP contribution in [-0.4, -0.2) is 83.8 Å². The molecule has 49 heavy (non-hydrogen) atoms. The van der Waals surface area contributed by atoms with Crippen LogP contribution < -0.4 is 5.73 Å². The van der Waals surface area contributed by atoms with E-state index >= 15 is 4.39 Å². The van der Waals surface area contributed by atoms with Gasteiger partial charge in [0.05, 0.1) is 19.5 Å². The van der Waals surface area contributed by atoms with E-state index in [2.05, 4.69) is 72.1 Å². The van der Waals surface area contributed by atoms with Crippen molar-refractivity contribution in [2.45, 2.75) is 87.9 Å². The second-order valence-electron chi connectivity index (χ2n) is 13.3. The van der Waals surface area contributed by atoms with Gasteiger partial charge in [-0.15, -0.1) is 0 Å². The van der Waals surface area contributed by atoms with Crippen molar-refractivity contribution in [1.29, 1.82) is 0 Å². The van der Waals surface area contributed by atoms with Crippen molar-refractivity contribution in [3.63, 3.8) is 0 Å². The van der Waals surface area contributed by atoms with E-state index in [0.29, 0.717) is 5.56 Å². The largest absolute Gasteiger partial charge is 0.408 e. The van der Waals surface area contributed by atoms with Crippen LogP contribution in [0.1, 0.15) is 32.6 Å². The van der Waals surface area contributed by atoms with Gasteiger partial charge in [-0.25, -0.2) is 28.5 Å². The van der Waals surface area contributed by atoms with E-state index < -0.39 is 77.5 Å². The molecule has 0 spiro atoms. The first-order valence-corrected chi connectivity index (χ1v) is 23.7. The summed E-state index contributed by atoms with van der Waals surface area (Å²) >= 11 is 8.46. The van der Waals surface area contributed by atoms with Crippen LogP contribution >= 0.6 is 38.1 Å². The number of rotatable bonds is 3. The zero-order valence-corrected chi connectivity index (χ0v) is 31.9. The first-order chi connectivity index (χ1) is 22.9. The Balaban J connectivity index is 1.33. The average Bonchev–Trinajstić information content (AvgIpc) is 3.68. The van der Waals surface area contributed by atoms with Crippen LogP contribution in [-0.2, 0) is 41.1 Å². The van der Waals surface area contributed by atoms with Crippen LogP contribution in [0.2, 0.25) is 18.1 Å². The highest BCUT2D eigenvalue weighted by molar-refractivity contribution is 8.44. The zero-order chi connectivity index (χ0) is 35.4. The first kappa shape index (κ1) is 36.9. The van der Waals surface area contributed by atoms with Crippen LogP contribution in [0.25, 0.3) is 11.2 Å². The third-order valence-electron chi connectivity index (χ3n) is 8.92. The number of hydrogen-bond donors (Lipinski definition) is 3. The number of benzene rings is 1. The van der Waals surface area contributed by atoms with Gasteiger partial charge in [-0.2, -0.15) is 0 Å². The number of thiol groups is 2. The maximum Gasteiger partial charge on any atom is 0.386 e. The minimum Gasteiger partial charge on any atom is -0.408 e. The minimum atomic E-state index is -4.32. The van der Waals surface area contributed by atoms with Crippen molar-refractivity contribution in [2.75, 3.05) is 18.9 Å². The van der Waals surface area contributed by atoms with E-state index in [1.165, 1.54) is 17.2 Å². The molecule has 3 saturated heterocycles.